The van der Waals surface area contributed by atoms with Crippen LogP contribution in [0.2, 0.25) is 0 Å². The standard InChI is InChI=1S/C17H23N3O2.ClH/c1-2-3-7-11-20-12-10-18-15(17(20)22)13-16(21)19-14-8-5-4-6-9-14;/h2,4-6,8-9,15,18H,1,3,7,10-13H2,(H,19,21);1H. The summed E-state index contributed by atoms with van der Waals surface area (Å²) in [7, 11) is 0. The maximum absolute atomic E-state index is 12.4. The molecule has 1 saturated heterocycles. The molecule has 1 atom stereocenters. The van der Waals surface area contributed by atoms with Gasteiger partial charge in [0.25, 0.3) is 0 Å². The average molecular weight is 338 g/mol. The van der Waals surface area contributed by atoms with Gasteiger partial charge in [0.15, 0.2) is 0 Å². The molecule has 6 heteroatoms. The van der Waals surface area contributed by atoms with Crippen LogP contribution >= 0.6 is 12.4 Å². The van der Waals surface area contributed by atoms with Gasteiger partial charge in [-0.3, -0.25) is 9.59 Å². The number of nitrogens with one attached hydrogen (secondary N) is 2. The molecule has 0 radical (unpaired) electrons. The van der Waals surface area contributed by atoms with Gasteiger partial charge in [-0.25, -0.2) is 0 Å². The number of para-hydroxylation sites is 1. The van der Waals surface area contributed by atoms with Gasteiger partial charge in [-0.1, -0.05) is 24.3 Å². The van der Waals surface area contributed by atoms with Crippen LogP contribution in [0.4, 0.5) is 5.69 Å². The van der Waals surface area contributed by atoms with Crippen molar-refractivity contribution in [2.75, 3.05) is 25.0 Å². The fraction of sp³-hybridized carbons (Fsp3) is 0.412. The highest BCUT2D eigenvalue weighted by Gasteiger charge is 2.29. The van der Waals surface area contributed by atoms with Crippen molar-refractivity contribution in [2.24, 2.45) is 0 Å². The van der Waals surface area contributed by atoms with Crippen molar-refractivity contribution in [3.05, 3.63) is 43.0 Å². The van der Waals surface area contributed by atoms with E-state index < -0.39 is 6.04 Å². The average Bonchev–Trinajstić information content (AvgIpc) is 2.52. The smallest absolute Gasteiger partial charge is 0.240 e. The van der Waals surface area contributed by atoms with E-state index in [1.54, 1.807) is 0 Å². The van der Waals surface area contributed by atoms with Gasteiger partial charge < -0.3 is 15.5 Å². The van der Waals surface area contributed by atoms with E-state index in [0.29, 0.717) is 6.54 Å². The number of piperazine rings is 1. The second kappa shape index (κ2) is 10.0. The Labute approximate surface area is 143 Å². The summed E-state index contributed by atoms with van der Waals surface area (Å²) in [6.45, 7) is 5.84. The number of benzene rings is 1. The number of allylic oxidation sites excluding steroid dienone is 1. The molecular formula is C17H24ClN3O2. The zero-order chi connectivity index (χ0) is 15.8. The van der Waals surface area contributed by atoms with E-state index >= 15 is 0 Å². The number of halogens is 1. The largest absolute Gasteiger partial charge is 0.340 e. The lowest BCUT2D eigenvalue weighted by Crippen LogP contribution is -2.56. The summed E-state index contributed by atoms with van der Waals surface area (Å²) in [6, 6.07) is 8.84. The molecule has 1 aliphatic rings. The van der Waals surface area contributed by atoms with E-state index in [1.165, 1.54) is 0 Å². The number of carbonyl (C=O) groups is 2. The first kappa shape index (κ1) is 19.2. The van der Waals surface area contributed by atoms with Crippen molar-refractivity contribution in [1.29, 1.82) is 0 Å². The molecule has 5 nitrogen and oxygen atoms in total. The predicted octanol–water partition coefficient (Wildman–Crippen LogP) is 2.20. The van der Waals surface area contributed by atoms with Gasteiger partial charge in [-0.05, 0) is 25.0 Å². The summed E-state index contributed by atoms with van der Waals surface area (Å²) < 4.78 is 0. The molecular weight excluding hydrogens is 314 g/mol. The molecule has 1 heterocycles. The van der Waals surface area contributed by atoms with Crippen molar-refractivity contribution < 1.29 is 9.59 Å². The van der Waals surface area contributed by atoms with Crippen molar-refractivity contribution in [3.8, 4) is 0 Å². The van der Waals surface area contributed by atoms with E-state index in [1.807, 2.05) is 41.3 Å². The second-order valence-corrected chi connectivity index (χ2v) is 5.38. The lowest BCUT2D eigenvalue weighted by atomic mass is 10.1. The summed E-state index contributed by atoms with van der Waals surface area (Å²) in [5.74, 6) is -0.136. The normalized spacial score (nSPS) is 17.3. The Morgan fingerprint density at radius 2 is 2.13 bits per heavy atom. The van der Waals surface area contributed by atoms with Crippen LogP contribution < -0.4 is 10.6 Å². The SMILES string of the molecule is C=CCCCN1CCNC(CC(=O)Nc2ccccc2)C1=O.Cl. The summed E-state index contributed by atoms with van der Waals surface area (Å²) in [6.07, 6.45) is 3.83. The summed E-state index contributed by atoms with van der Waals surface area (Å²) in [5.41, 5.74) is 0.749. The molecule has 23 heavy (non-hydrogen) atoms. The fourth-order valence-electron chi connectivity index (χ4n) is 2.52. The van der Waals surface area contributed by atoms with E-state index in [-0.39, 0.29) is 30.6 Å². The minimum Gasteiger partial charge on any atom is -0.340 e. The number of unbranched alkanes of at least 4 members (excludes halogenated alkanes) is 1. The van der Waals surface area contributed by atoms with Crippen LogP contribution in [0, 0.1) is 0 Å². The van der Waals surface area contributed by atoms with Crippen LogP contribution in [-0.2, 0) is 9.59 Å². The lowest BCUT2D eigenvalue weighted by Gasteiger charge is -2.33. The molecule has 0 aliphatic carbocycles. The molecule has 1 unspecified atom stereocenters. The highest BCUT2D eigenvalue weighted by atomic mass is 35.5. The van der Waals surface area contributed by atoms with E-state index in [4.69, 9.17) is 0 Å². The molecule has 0 bridgehead atoms. The molecule has 1 aliphatic heterocycles. The molecule has 2 amide bonds. The van der Waals surface area contributed by atoms with Crippen LogP contribution in [0.1, 0.15) is 19.3 Å². The van der Waals surface area contributed by atoms with Crippen molar-refractivity contribution in [1.82, 2.24) is 10.2 Å². The van der Waals surface area contributed by atoms with Crippen LogP contribution in [0.15, 0.2) is 43.0 Å². The molecule has 2 rings (SSSR count). The van der Waals surface area contributed by atoms with Crippen molar-refractivity contribution in [3.63, 3.8) is 0 Å². The first-order valence-electron chi connectivity index (χ1n) is 7.68. The summed E-state index contributed by atoms with van der Waals surface area (Å²) in [4.78, 5) is 26.3. The maximum Gasteiger partial charge on any atom is 0.240 e. The Morgan fingerprint density at radius 3 is 2.83 bits per heavy atom. The van der Waals surface area contributed by atoms with Gasteiger partial charge >= 0.3 is 0 Å². The van der Waals surface area contributed by atoms with Crippen LogP contribution in [-0.4, -0.2) is 42.4 Å². The van der Waals surface area contributed by atoms with Gasteiger partial charge in [0.05, 0.1) is 12.5 Å². The minimum atomic E-state index is -0.429. The molecule has 2 N–H and O–H groups in total. The first-order chi connectivity index (χ1) is 10.7. The number of amides is 2. The quantitative estimate of drug-likeness (QED) is 0.592. The third-order valence-electron chi connectivity index (χ3n) is 3.67. The van der Waals surface area contributed by atoms with Gasteiger partial charge in [-0.15, -0.1) is 19.0 Å². The third kappa shape index (κ3) is 6.04. The maximum atomic E-state index is 12.4. The van der Waals surface area contributed by atoms with Gasteiger partial charge in [0, 0.05) is 25.3 Å². The van der Waals surface area contributed by atoms with Crippen LogP contribution in [0.25, 0.3) is 0 Å². The zero-order valence-electron chi connectivity index (χ0n) is 13.2. The lowest BCUT2D eigenvalue weighted by molar-refractivity contribution is -0.137. The molecule has 0 spiro atoms. The monoisotopic (exact) mass is 337 g/mol. The van der Waals surface area contributed by atoms with Crippen molar-refractivity contribution >= 4 is 29.9 Å². The summed E-state index contributed by atoms with van der Waals surface area (Å²) >= 11 is 0. The number of carbonyl (C=O) groups excluding carboxylic acids is 2. The Morgan fingerprint density at radius 1 is 1.39 bits per heavy atom. The Hall–Kier alpha value is -1.85. The fourth-order valence-corrected chi connectivity index (χ4v) is 2.52. The number of anilines is 1. The highest BCUT2D eigenvalue weighted by molar-refractivity contribution is 5.95. The Bertz CT molecular complexity index is 522. The third-order valence-corrected chi connectivity index (χ3v) is 3.67. The first-order valence-corrected chi connectivity index (χ1v) is 7.68. The number of hydrogen-bond donors (Lipinski definition) is 2. The second-order valence-electron chi connectivity index (χ2n) is 5.38. The summed E-state index contributed by atoms with van der Waals surface area (Å²) in [5, 5.41) is 5.95. The highest BCUT2D eigenvalue weighted by Crippen LogP contribution is 2.10. The van der Waals surface area contributed by atoms with Crippen molar-refractivity contribution in [2.45, 2.75) is 25.3 Å². The topological polar surface area (TPSA) is 61.4 Å². The number of nitrogens with zero attached hydrogens (tertiary/aromatic N) is 1. The van der Waals surface area contributed by atoms with E-state index in [9.17, 15) is 9.59 Å². The molecule has 1 fully saturated rings. The van der Waals surface area contributed by atoms with Crippen LogP contribution in [0.5, 0.6) is 0 Å². The Kier molecular flexibility index (Phi) is 8.37. The van der Waals surface area contributed by atoms with Gasteiger partial charge in [0.2, 0.25) is 11.8 Å². The number of hydrogen-bond acceptors (Lipinski definition) is 3. The Balaban J connectivity index is 0.00000264. The minimum absolute atomic E-state index is 0. The predicted molar refractivity (Wildman–Crippen MR) is 94.7 cm³/mol. The molecule has 0 aromatic heterocycles. The molecule has 0 saturated carbocycles. The van der Waals surface area contributed by atoms with Gasteiger partial charge in [0.1, 0.15) is 0 Å². The number of rotatable bonds is 7. The van der Waals surface area contributed by atoms with Gasteiger partial charge in [-0.2, -0.15) is 0 Å². The zero-order valence-corrected chi connectivity index (χ0v) is 14.0. The molecule has 1 aromatic carbocycles. The van der Waals surface area contributed by atoms with Crippen LogP contribution in [0.3, 0.4) is 0 Å². The molecule has 1 aromatic rings. The van der Waals surface area contributed by atoms with E-state index in [2.05, 4.69) is 17.2 Å². The van der Waals surface area contributed by atoms with E-state index in [0.717, 1.165) is 31.6 Å². The molecule has 126 valence electrons.